The molecule has 5 aromatic rings. The number of nitriles is 1. The smallest absolute Gasteiger partial charge is 0.225 e. The van der Waals surface area contributed by atoms with E-state index >= 15 is 4.39 Å². The normalized spacial score (nSPS) is 13.8. The molecule has 1 aliphatic heterocycles. The summed E-state index contributed by atoms with van der Waals surface area (Å²) in [5, 5.41) is 9.66. The molecule has 0 saturated heterocycles. The molecule has 4 aromatic heterocycles. The van der Waals surface area contributed by atoms with Gasteiger partial charge in [0.05, 0.1) is 50.7 Å². The molecule has 39 heavy (non-hydrogen) atoms. The number of fused-ring (bicyclic) bond motifs is 1. The van der Waals surface area contributed by atoms with Crippen LogP contribution in [0.25, 0.3) is 32.2 Å². The predicted octanol–water partition coefficient (Wildman–Crippen LogP) is 5.88. The highest BCUT2D eigenvalue weighted by molar-refractivity contribution is 7.23. The Morgan fingerprint density at radius 3 is 2.74 bits per heavy atom. The van der Waals surface area contributed by atoms with Gasteiger partial charge < -0.3 is 21.1 Å². The molecular formula is C25H16Cl2F2N8OS. The average molecular weight is 585 g/mol. The number of ether oxygens (including phenoxy) is 1. The molecule has 14 heteroatoms. The van der Waals surface area contributed by atoms with Gasteiger partial charge in [-0.15, -0.1) is 11.3 Å². The minimum Gasteiger partial charge on any atom is -0.489 e. The van der Waals surface area contributed by atoms with Crippen LogP contribution in [0.5, 0.6) is 5.75 Å². The van der Waals surface area contributed by atoms with Gasteiger partial charge in [0.25, 0.3) is 0 Å². The van der Waals surface area contributed by atoms with Crippen LogP contribution in [0.4, 0.5) is 25.4 Å². The van der Waals surface area contributed by atoms with E-state index in [9.17, 15) is 9.65 Å². The maximum atomic E-state index is 16.5. The van der Waals surface area contributed by atoms with Gasteiger partial charge in [-0.3, -0.25) is 4.98 Å². The predicted molar refractivity (Wildman–Crippen MR) is 147 cm³/mol. The number of rotatable bonds is 3. The van der Waals surface area contributed by atoms with Crippen LogP contribution < -0.4 is 21.1 Å². The van der Waals surface area contributed by atoms with E-state index in [0.29, 0.717) is 12.4 Å². The zero-order valence-corrected chi connectivity index (χ0v) is 22.3. The summed E-state index contributed by atoms with van der Waals surface area (Å²) in [6.07, 6.45) is 2.51. The van der Waals surface area contributed by atoms with Gasteiger partial charge in [-0.1, -0.05) is 17.7 Å². The number of nitrogens with zero attached hydrogens (tertiary/aromatic N) is 6. The number of hydrogen-bond donors (Lipinski definition) is 2. The number of nitrogens with two attached hydrogens (primary N) is 2. The zero-order valence-electron chi connectivity index (χ0n) is 20.0. The highest BCUT2D eigenvalue weighted by Crippen LogP contribution is 2.50. The van der Waals surface area contributed by atoms with Crippen LogP contribution in [0, 0.1) is 23.0 Å². The molecule has 196 valence electrons. The number of thiophene rings is 1. The van der Waals surface area contributed by atoms with Gasteiger partial charge in [0.1, 0.15) is 34.8 Å². The lowest BCUT2D eigenvalue weighted by Gasteiger charge is -2.30. The molecule has 0 amide bonds. The van der Waals surface area contributed by atoms with Crippen molar-refractivity contribution >= 4 is 72.2 Å². The molecule has 9 nitrogen and oxygen atoms in total. The van der Waals surface area contributed by atoms with Crippen LogP contribution in [0.2, 0.25) is 10.3 Å². The maximum absolute atomic E-state index is 16.5. The molecule has 1 aliphatic rings. The third-order valence-electron chi connectivity index (χ3n) is 6.62. The van der Waals surface area contributed by atoms with Crippen LogP contribution in [-0.4, -0.2) is 33.1 Å². The fraction of sp³-hybridized carbons (Fsp3) is 0.160. The number of anilines is 3. The Morgan fingerprint density at radius 2 is 2.00 bits per heavy atom. The first kappa shape index (κ1) is 25.2. The average Bonchev–Trinajstić information content (AvgIpc) is 3.14. The fourth-order valence-corrected chi connectivity index (χ4v) is 6.25. The van der Waals surface area contributed by atoms with Crippen LogP contribution in [0.1, 0.15) is 24.1 Å². The standard InChI is InChI=1S/C25H16Cl2F2N8OS/c1-9(10-3-2-4-33-22(10)31)37-5-6-38-20-15-19(35-25(27)36-24(15)37)17(29)14(16(20)26)18-13-11(7-30)23(32)39-21(13)12(28)8-34-18/h2-4,8-9H,5-6,32H2,1H3,(H2,31,33)/t9-/m1/s1. The van der Waals surface area contributed by atoms with Crippen molar-refractivity contribution in [3.63, 3.8) is 0 Å². The van der Waals surface area contributed by atoms with E-state index in [1.807, 2.05) is 24.0 Å². The molecule has 1 aromatic carbocycles. The summed E-state index contributed by atoms with van der Waals surface area (Å²) in [4.78, 5) is 18.7. The lowest BCUT2D eigenvalue weighted by Crippen LogP contribution is -2.31. The van der Waals surface area contributed by atoms with Gasteiger partial charge in [0, 0.05) is 17.1 Å². The molecule has 0 unspecified atom stereocenters. The van der Waals surface area contributed by atoms with Gasteiger partial charge in [0.2, 0.25) is 5.28 Å². The Hall–Kier alpha value is -4.05. The van der Waals surface area contributed by atoms with Gasteiger partial charge in [0.15, 0.2) is 17.4 Å². The second-order valence-electron chi connectivity index (χ2n) is 8.68. The van der Waals surface area contributed by atoms with E-state index in [4.69, 9.17) is 39.4 Å². The Bertz CT molecular complexity index is 1880. The van der Waals surface area contributed by atoms with E-state index in [-0.39, 0.29) is 77.3 Å². The molecule has 0 bridgehead atoms. The van der Waals surface area contributed by atoms with Crippen molar-refractivity contribution in [3.05, 3.63) is 57.6 Å². The summed E-state index contributed by atoms with van der Waals surface area (Å²) in [6.45, 7) is 2.36. The first-order valence-electron chi connectivity index (χ1n) is 11.5. The molecule has 0 fully saturated rings. The minimum atomic E-state index is -0.891. The first-order valence-corrected chi connectivity index (χ1v) is 13.0. The molecule has 0 spiro atoms. The van der Waals surface area contributed by atoms with Crippen molar-refractivity contribution in [2.24, 2.45) is 0 Å². The number of hydrogen-bond acceptors (Lipinski definition) is 10. The summed E-state index contributed by atoms with van der Waals surface area (Å²) in [7, 11) is 0. The quantitative estimate of drug-likeness (QED) is 0.248. The SMILES string of the molecule is C[C@H](c1cccnc1N)N1CCOc2c(Cl)c(-c3ncc(F)c4sc(N)c(C#N)c34)c(F)c3nc(Cl)nc1c23. The van der Waals surface area contributed by atoms with Gasteiger partial charge in [-0.05, 0) is 24.6 Å². The molecule has 1 atom stereocenters. The van der Waals surface area contributed by atoms with Crippen molar-refractivity contribution in [1.29, 1.82) is 5.26 Å². The van der Waals surface area contributed by atoms with Crippen molar-refractivity contribution in [1.82, 2.24) is 19.9 Å². The highest BCUT2D eigenvalue weighted by atomic mass is 35.5. The summed E-state index contributed by atoms with van der Waals surface area (Å²) in [5.74, 6) is -0.871. The number of halogens is 4. The summed E-state index contributed by atoms with van der Waals surface area (Å²) in [6, 6.07) is 5.20. The van der Waals surface area contributed by atoms with Crippen LogP contribution in [-0.2, 0) is 0 Å². The Balaban J connectivity index is 1.67. The number of benzene rings is 1. The molecule has 0 saturated carbocycles. The van der Waals surface area contributed by atoms with Crippen LogP contribution >= 0.6 is 34.5 Å². The number of aromatic nitrogens is 4. The largest absolute Gasteiger partial charge is 0.489 e. The molecule has 0 radical (unpaired) electrons. The van der Waals surface area contributed by atoms with Crippen LogP contribution in [0.15, 0.2) is 24.5 Å². The number of pyridine rings is 2. The van der Waals surface area contributed by atoms with Gasteiger partial charge in [-0.25, -0.2) is 18.7 Å². The molecule has 4 N–H and O–H groups in total. The zero-order chi connectivity index (χ0) is 27.6. The van der Waals surface area contributed by atoms with Crippen molar-refractivity contribution < 1.29 is 13.5 Å². The van der Waals surface area contributed by atoms with E-state index in [0.717, 1.165) is 23.1 Å². The lowest BCUT2D eigenvalue weighted by atomic mass is 10.0. The van der Waals surface area contributed by atoms with Crippen LogP contribution in [0.3, 0.4) is 0 Å². The topological polar surface area (TPSA) is 140 Å². The van der Waals surface area contributed by atoms with Gasteiger partial charge in [-0.2, -0.15) is 10.2 Å². The highest BCUT2D eigenvalue weighted by Gasteiger charge is 2.33. The molecule has 0 aliphatic carbocycles. The number of nitrogen functional groups attached to an aromatic ring is 2. The second-order valence-corrected chi connectivity index (χ2v) is 10.4. The fourth-order valence-electron chi connectivity index (χ4n) is 4.85. The monoisotopic (exact) mass is 584 g/mol. The third kappa shape index (κ3) is 3.76. The first-order chi connectivity index (χ1) is 18.7. The van der Waals surface area contributed by atoms with Crippen molar-refractivity contribution in [2.75, 3.05) is 29.5 Å². The maximum Gasteiger partial charge on any atom is 0.225 e. The second kappa shape index (κ2) is 9.30. The summed E-state index contributed by atoms with van der Waals surface area (Å²) < 4.78 is 37.2. The molecular weight excluding hydrogens is 569 g/mol. The van der Waals surface area contributed by atoms with Crippen molar-refractivity contribution in [3.8, 4) is 23.1 Å². The Morgan fingerprint density at radius 1 is 1.21 bits per heavy atom. The van der Waals surface area contributed by atoms with E-state index in [1.165, 1.54) is 0 Å². The minimum absolute atomic E-state index is 0.0326. The van der Waals surface area contributed by atoms with Crippen molar-refractivity contribution in [2.45, 2.75) is 13.0 Å². The lowest BCUT2D eigenvalue weighted by molar-refractivity contribution is 0.328. The Kier molecular flexibility index (Phi) is 6.02. The summed E-state index contributed by atoms with van der Waals surface area (Å²) >= 11 is 14.0. The molecule has 5 heterocycles. The summed E-state index contributed by atoms with van der Waals surface area (Å²) in [5.41, 5.74) is 12.3. The van der Waals surface area contributed by atoms with E-state index in [1.54, 1.807) is 12.3 Å². The molecule has 6 rings (SSSR count). The van der Waals surface area contributed by atoms with E-state index < -0.39 is 11.6 Å². The third-order valence-corrected chi connectivity index (χ3v) is 8.18. The van der Waals surface area contributed by atoms with Gasteiger partial charge >= 0.3 is 0 Å². The Labute approximate surface area is 233 Å². The van der Waals surface area contributed by atoms with E-state index in [2.05, 4.69) is 19.9 Å².